The van der Waals surface area contributed by atoms with Crippen LogP contribution in [-0.4, -0.2) is 5.78 Å². The molecule has 0 N–H and O–H groups in total. The molecule has 0 radical (unpaired) electrons. The summed E-state index contributed by atoms with van der Waals surface area (Å²) in [5, 5.41) is 0. The minimum Gasteiger partial charge on any atom is -0.299 e. The lowest BCUT2D eigenvalue weighted by Gasteiger charge is -2.25. The average Bonchev–Trinajstić information content (AvgIpc) is 2.34. The Morgan fingerprint density at radius 2 is 2.36 bits per heavy atom. The molecule has 0 aromatic heterocycles. The Balaban J connectivity index is 2.23. The van der Waals surface area contributed by atoms with E-state index in [2.05, 4.69) is 19.1 Å². The quantitative estimate of drug-likeness (QED) is 0.484. The first-order valence-corrected chi connectivity index (χ1v) is 4.48. The highest BCUT2D eigenvalue weighted by atomic mass is 16.1. The number of ketones is 1. The molecule has 0 aromatic carbocycles. The van der Waals surface area contributed by atoms with E-state index in [9.17, 15) is 4.79 Å². The summed E-state index contributed by atoms with van der Waals surface area (Å²) in [5.41, 5.74) is 0. The van der Waals surface area contributed by atoms with Gasteiger partial charge in [0.05, 0.1) is 0 Å². The SMILES string of the molecule is CC1C=CC[C@H]2CCC(=O)[C@H]12. The Kier molecular flexibility index (Phi) is 1.59. The predicted octanol–water partition coefficient (Wildman–Crippen LogP) is 2.18. The average molecular weight is 150 g/mol. The van der Waals surface area contributed by atoms with E-state index in [1.165, 1.54) is 0 Å². The summed E-state index contributed by atoms with van der Waals surface area (Å²) in [6.07, 6.45) is 7.55. The highest BCUT2D eigenvalue weighted by molar-refractivity contribution is 5.84. The molecule has 0 aromatic rings. The van der Waals surface area contributed by atoms with Crippen molar-refractivity contribution in [1.82, 2.24) is 0 Å². The zero-order valence-electron chi connectivity index (χ0n) is 6.92. The third-order valence-corrected chi connectivity index (χ3v) is 3.09. The molecule has 0 spiro atoms. The first kappa shape index (κ1) is 7.08. The molecule has 0 bridgehead atoms. The van der Waals surface area contributed by atoms with Crippen LogP contribution in [0.25, 0.3) is 0 Å². The number of carbonyl (C=O) groups is 1. The van der Waals surface area contributed by atoms with Gasteiger partial charge < -0.3 is 0 Å². The molecule has 1 nitrogen and oxygen atoms in total. The third kappa shape index (κ3) is 1.03. The molecule has 1 fully saturated rings. The van der Waals surface area contributed by atoms with Gasteiger partial charge in [-0.25, -0.2) is 0 Å². The van der Waals surface area contributed by atoms with Crippen LogP contribution in [0.5, 0.6) is 0 Å². The smallest absolute Gasteiger partial charge is 0.136 e. The molecule has 2 aliphatic rings. The van der Waals surface area contributed by atoms with Crippen molar-refractivity contribution >= 4 is 5.78 Å². The maximum atomic E-state index is 11.4. The second-order valence-electron chi connectivity index (χ2n) is 3.81. The van der Waals surface area contributed by atoms with Crippen LogP contribution in [0.15, 0.2) is 12.2 Å². The second kappa shape index (κ2) is 2.47. The minimum absolute atomic E-state index is 0.375. The fraction of sp³-hybridized carbons (Fsp3) is 0.700. The largest absolute Gasteiger partial charge is 0.299 e. The second-order valence-corrected chi connectivity index (χ2v) is 3.81. The van der Waals surface area contributed by atoms with Crippen molar-refractivity contribution in [3.8, 4) is 0 Å². The number of Topliss-reactive ketones (excluding diaryl/α,β-unsaturated/α-hetero) is 1. The summed E-state index contributed by atoms with van der Waals surface area (Å²) in [5.74, 6) is 2.07. The van der Waals surface area contributed by atoms with Crippen LogP contribution in [0, 0.1) is 17.8 Å². The van der Waals surface area contributed by atoms with Crippen LogP contribution in [0.2, 0.25) is 0 Å². The van der Waals surface area contributed by atoms with Gasteiger partial charge in [-0.05, 0) is 24.7 Å². The lowest BCUT2D eigenvalue weighted by Crippen LogP contribution is -2.23. The zero-order chi connectivity index (χ0) is 7.84. The number of hydrogen-bond acceptors (Lipinski definition) is 1. The zero-order valence-corrected chi connectivity index (χ0v) is 6.92. The van der Waals surface area contributed by atoms with Gasteiger partial charge >= 0.3 is 0 Å². The van der Waals surface area contributed by atoms with Gasteiger partial charge in [0.25, 0.3) is 0 Å². The summed E-state index contributed by atoms with van der Waals surface area (Å²) >= 11 is 0. The van der Waals surface area contributed by atoms with Crippen molar-refractivity contribution in [2.75, 3.05) is 0 Å². The lowest BCUT2D eigenvalue weighted by atomic mass is 9.79. The van der Waals surface area contributed by atoms with Crippen molar-refractivity contribution in [2.45, 2.75) is 26.2 Å². The van der Waals surface area contributed by atoms with Crippen LogP contribution in [0.1, 0.15) is 26.2 Å². The molecule has 0 saturated heterocycles. The Hall–Kier alpha value is -0.590. The van der Waals surface area contributed by atoms with E-state index in [4.69, 9.17) is 0 Å². The Morgan fingerprint density at radius 3 is 3.09 bits per heavy atom. The van der Waals surface area contributed by atoms with Gasteiger partial charge in [0, 0.05) is 12.3 Å². The fourth-order valence-corrected chi connectivity index (χ4v) is 2.51. The van der Waals surface area contributed by atoms with Crippen LogP contribution in [0.3, 0.4) is 0 Å². The molecule has 0 amide bonds. The van der Waals surface area contributed by atoms with Crippen LogP contribution >= 0.6 is 0 Å². The number of rotatable bonds is 0. The number of carbonyl (C=O) groups excluding carboxylic acids is 1. The minimum atomic E-state index is 0.375. The van der Waals surface area contributed by atoms with Crippen LogP contribution in [0.4, 0.5) is 0 Å². The first-order valence-electron chi connectivity index (χ1n) is 4.48. The number of fused-ring (bicyclic) bond motifs is 1. The maximum Gasteiger partial charge on any atom is 0.136 e. The lowest BCUT2D eigenvalue weighted by molar-refractivity contribution is -0.122. The molecule has 11 heavy (non-hydrogen) atoms. The van der Waals surface area contributed by atoms with Crippen molar-refractivity contribution < 1.29 is 4.79 Å². The molecule has 60 valence electrons. The van der Waals surface area contributed by atoms with E-state index in [0.29, 0.717) is 23.5 Å². The van der Waals surface area contributed by atoms with E-state index < -0.39 is 0 Å². The van der Waals surface area contributed by atoms with Crippen molar-refractivity contribution in [3.05, 3.63) is 12.2 Å². The van der Waals surface area contributed by atoms with Gasteiger partial charge in [-0.2, -0.15) is 0 Å². The highest BCUT2D eigenvalue weighted by Gasteiger charge is 2.38. The molecular weight excluding hydrogens is 136 g/mol. The third-order valence-electron chi connectivity index (χ3n) is 3.09. The molecule has 1 heteroatoms. The van der Waals surface area contributed by atoms with Crippen LogP contribution < -0.4 is 0 Å². The predicted molar refractivity (Wildman–Crippen MR) is 44.1 cm³/mol. The Morgan fingerprint density at radius 1 is 1.55 bits per heavy atom. The normalized spacial score (nSPS) is 42.6. The summed E-state index contributed by atoms with van der Waals surface area (Å²) in [6.45, 7) is 2.16. The van der Waals surface area contributed by atoms with Crippen LogP contribution in [-0.2, 0) is 4.79 Å². The van der Waals surface area contributed by atoms with Crippen molar-refractivity contribution in [3.63, 3.8) is 0 Å². The van der Waals surface area contributed by atoms with Crippen molar-refractivity contribution in [2.24, 2.45) is 17.8 Å². The van der Waals surface area contributed by atoms with Gasteiger partial charge in [-0.3, -0.25) is 4.79 Å². The standard InChI is InChI=1S/C10H14O/c1-7-3-2-4-8-5-6-9(11)10(7)8/h2-3,7-8,10H,4-6H2,1H3/t7?,8-,10+/m0/s1. The molecule has 2 rings (SSSR count). The monoisotopic (exact) mass is 150 g/mol. The van der Waals surface area contributed by atoms with Gasteiger partial charge in [0.2, 0.25) is 0 Å². The summed E-state index contributed by atoms with van der Waals surface area (Å²) in [4.78, 5) is 11.4. The molecule has 2 aliphatic carbocycles. The maximum absolute atomic E-state index is 11.4. The molecular formula is C10H14O. The summed E-state index contributed by atoms with van der Waals surface area (Å²) < 4.78 is 0. The number of hydrogen-bond donors (Lipinski definition) is 0. The molecule has 3 atom stereocenters. The Bertz CT molecular complexity index is 205. The van der Waals surface area contributed by atoms with E-state index >= 15 is 0 Å². The fourth-order valence-electron chi connectivity index (χ4n) is 2.51. The molecule has 1 unspecified atom stereocenters. The number of allylic oxidation sites excluding steroid dienone is 2. The topological polar surface area (TPSA) is 17.1 Å². The van der Waals surface area contributed by atoms with E-state index in [0.717, 1.165) is 19.3 Å². The first-order chi connectivity index (χ1) is 5.29. The summed E-state index contributed by atoms with van der Waals surface area (Å²) in [6, 6.07) is 0. The molecule has 1 saturated carbocycles. The highest BCUT2D eigenvalue weighted by Crippen LogP contribution is 2.39. The van der Waals surface area contributed by atoms with Gasteiger partial charge in [-0.15, -0.1) is 0 Å². The van der Waals surface area contributed by atoms with Gasteiger partial charge in [0.15, 0.2) is 0 Å². The Labute approximate surface area is 67.5 Å². The van der Waals surface area contributed by atoms with E-state index in [1.54, 1.807) is 0 Å². The van der Waals surface area contributed by atoms with Gasteiger partial charge in [0.1, 0.15) is 5.78 Å². The summed E-state index contributed by atoms with van der Waals surface area (Å²) in [7, 11) is 0. The molecule has 0 aliphatic heterocycles. The van der Waals surface area contributed by atoms with E-state index in [-0.39, 0.29) is 0 Å². The van der Waals surface area contributed by atoms with Crippen molar-refractivity contribution in [1.29, 1.82) is 0 Å². The van der Waals surface area contributed by atoms with Gasteiger partial charge in [-0.1, -0.05) is 19.1 Å². The van der Waals surface area contributed by atoms with E-state index in [1.807, 2.05) is 0 Å². The molecule has 0 heterocycles.